The standard InChI is InChI=1S/C21H24N2O4/c1-13-5-6-15(23(13)3)12-22-20(24)10-9-18-14(2)17-8-7-16(26-4)11-19(17)27-21(18)25/h5-8,11H,9-10,12H2,1-4H3,(H,22,24). The van der Waals surface area contributed by atoms with Gasteiger partial charge in [-0.05, 0) is 50.1 Å². The number of amides is 1. The molecule has 0 unspecified atom stereocenters. The Morgan fingerprint density at radius 2 is 2.00 bits per heavy atom. The molecule has 142 valence electrons. The molecule has 0 bridgehead atoms. The molecule has 0 radical (unpaired) electrons. The van der Waals surface area contributed by atoms with E-state index in [-0.39, 0.29) is 12.3 Å². The Bertz CT molecular complexity index is 1050. The van der Waals surface area contributed by atoms with E-state index >= 15 is 0 Å². The molecule has 3 rings (SSSR count). The summed E-state index contributed by atoms with van der Waals surface area (Å²) in [5, 5.41) is 3.76. The molecule has 0 spiro atoms. The Morgan fingerprint density at radius 3 is 2.67 bits per heavy atom. The first-order valence-electron chi connectivity index (χ1n) is 8.89. The predicted molar refractivity (Wildman–Crippen MR) is 104 cm³/mol. The van der Waals surface area contributed by atoms with Crippen LogP contribution in [-0.2, 0) is 24.8 Å². The van der Waals surface area contributed by atoms with Gasteiger partial charge < -0.3 is 19.0 Å². The van der Waals surface area contributed by atoms with Crippen LogP contribution in [0.5, 0.6) is 5.75 Å². The van der Waals surface area contributed by atoms with Crippen molar-refractivity contribution in [1.82, 2.24) is 9.88 Å². The van der Waals surface area contributed by atoms with Gasteiger partial charge >= 0.3 is 5.63 Å². The molecule has 0 aliphatic heterocycles. The maximum absolute atomic E-state index is 12.4. The SMILES string of the molecule is COc1ccc2c(C)c(CCC(=O)NCc3ccc(C)n3C)c(=O)oc2c1. The van der Waals surface area contributed by atoms with E-state index in [9.17, 15) is 9.59 Å². The number of nitrogens with zero attached hydrogens (tertiary/aromatic N) is 1. The monoisotopic (exact) mass is 368 g/mol. The van der Waals surface area contributed by atoms with Crippen LogP contribution in [-0.4, -0.2) is 17.6 Å². The van der Waals surface area contributed by atoms with E-state index < -0.39 is 5.63 Å². The van der Waals surface area contributed by atoms with E-state index in [1.807, 2.05) is 49.7 Å². The third-order valence-corrected chi connectivity index (χ3v) is 5.04. The summed E-state index contributed by atoms with van der Waals surface area (Å²) in [6.07, 6.45) is 0.574. The highest BCUT2D eigenvalue weighted by molar-refractivity contribution is 5.82. The third-order valence-electron chi connectivity index (χ3n) is 5.04. The summed E-state index contributed by atoms with van der Waals surface area (Å²) < 4.78 is 12.6. The van der Waals surface area contributed by atoms with Crippen molar-refractivity contribution in [3.8, 4) is 5.75 Å². The van der Waals surface area contributed by atoms with Crippen molar-refractivity contribution < 1.29 is 13.9 Å². The number of rotatable bonds is 6. The van der Waals surface area contributed by atoms with Crippen LogP contribution in [0.1, 0.15) is 28.9 Å². The topological polar surface area (TPSA) is 73.5 Å². The Morgan fingerprint density at radius 1 is 1.22 bits per heavy atom. The molecular weight excluding hydrogens is 344 g/mol. The Hall–Kier alpha value is -3.02. The molecule has 2 aromatic heterocycles. The number of fused-ring (bicyclic) bond motifs is 1. The number of hydrogen-bond acceptors (Lipinski definition) is 4. The molecular formula is C21H24N2O4. The summed E-state index contributed by atoms with van der Waals surface area (Å²) >= 11 is 0. The number of nitrogens with one attached hydrogen (secondary N) is 1. The summed E-state index contributed by atoms with van der Waals surface area (Å²) in [7, 11) is 3.53. The highest BCUT2D eigenvalue weighted by Gasteiger charge is 2.14. The fourth-order valence-corrected chi connectivity index (χ4v) is 3.15. The average Bonchev–Trinajstić information content (AvgIpc) is 2.97. The van der Waals surface area contributed by atoms with Crippen LogP contribution in [0.15, 0.2) is 39.5 Å². The Kier molecular flexibility index (Phi) is 5.35. The van der Waals surface area contributed by atoms with Crippen LogP contribution in [0.25, 0.3) is 11.0 Å². The number of carbonyl (C=O) groups is 1. The normalized spacial score (nSPS) is 11.0. The number of aromatic nitrogens is 1. The second-order valence-corrected chi connectivity index (χ2v) is 6.66. The molecule has 0 saturated carbocycles. The van der Waals surface area contributed by atoms with Gasteiger partial charge in [0.25, 0.3) is 0 Å². The lowest BCUT2D eigenvalue weighted by atomic mass is 10.0. The van der Waals surface area contributed by atoms with Gasteiger partial charge in [0.1, 0.15) is 11.3 Å². The van der Waals surface area contributed by atoms with Gasteiger partial charge in [0.05, 0.1) is 13.7 Å². The molecule has 1 N–H and O–H groups in total. The lowest BCUT2D eigenvalue weighted by molar-refractivity contribution is -0.121. The molecule has 6 nitrogen and oxygen atoms in total. The molecule has 6 heteroatoms. The first kappa shape index (κ1) is 18.8. The number of benzene rings is 1. The van der Waals surface area contributed by atoms with Crippen molar-refractivity contribution >= 4 is 16.9 Å². The minimum absolute atomic E-state index is 0.0949. The van der Waals surface area contributed by atoms with Crippen molar-refractivity contribution in [1.29, 1.82) is 0 Å². The summed E-state index contributed by atoms with van der Waals surface area (Å²) in [4.78, 5) is 24.6. The smallest absolute Gasteiger partial charge is 0.339 e. The molecule has 0 aliphatic carbocycles. The molecule has 3 aromatic rings. The predicted octanol–water partition coefficient (Wildman–Crippen LogP) is 3.01. The van der Waals surface area contributed by atoms with Gasteiger partial charge in [-0.3, -0.25) is 4.79 Å². The fourth-order valence-electron chi connectivity index (χ4n) is 3.15. The number of ether oxygens (including phenoxy) is 1. The maximum atomic E-state index is 12.4. The zero-order chi connectivity index (χ0) is 19.6. The van der Waals surface area contributed by atoms with Crippen molar-refractivity contribution in [2.45, 2.75) is 33.2 Å². The van der Waals surface area contributed by atoms with E-state index in [2.05, 4.69) is 5.32 Å². The van der Waals surface area contributed by atoms with E-state index in [4.69, 9.17) is 9.15 Å². The minimum atomic E-state index is -0.404. The third kappa shape index (κ3) is 3.89. The summed E-state index contributed by atoms with van der Waals surface area (Å²) in [6, 6.07) is 9.40. The second kappa shape index (κ2) is 7.70. The quantitative estimate of drug-likeness (QED) is 0.679. The van der Waals surface area contributed by atoms with E-state index in [0.717, 1.165) is 22.3 Å². The first-order chi connectivity index (χ1) is 12.9. The van der Waals surface area contributed by atoms with E-state index in [1.54, 1.807) is 13.2 Å². The number of carbonyl (C=O) groups excluding carboxylic acids is 1. The zero-order valence-electron chi connectivity index (χ0n) is 16.1. The van der Waals surface area contributed by atoms with Crippen molar-refractivity contribution in [3.63, 3.8) is 0 Å². The molecule has 0 saturated heterocycles. The highest BCUT2D eigenvalue weighted by Crippen LogP contribution is 2.24. The molecule has 0 aliphatic rings. The fraction of sp³-hybridized carbons (Fsp3) is 0.333. The molecule has 2 heterocycles. The summed E-state index contributed by atoms with van der Waals surface area (Å²) in [5.74, 6) is 0.538. The average molecular weight is 368 g/mol. The van der Waals surface area contributed by atoms with Crippen molar-refractivity contribution in [3.05, 3.63) is 63.3 Å². The maximum Gasteiger partial charge on any atom is 0.339 e. The Balaban J connectivity index is 1.70. The molecule has 1 aromatic carbocycles. The van der Waals surface area contributed by atoms with Gasteiger partial charge in [0, 0.05) is 41.9 Å². The number of aryl methyl sites for hydroxylation is 2. The lowest BCUT2D eigenvalue weighted by Gasteiger charge is -2.10. The Labute approximate surface area is 157 Å². The van der Waals surface area contributed by atoms with Crippen LogP contribution in [0.4, 0.5) is 0 Å². The van der Waals surface area contributed by atoms with Crippen LogP contribution >= 0.6 is 0 Å². The van der Waals surface area contributed by atoms with Crippen molar-refractivity contribution in [2.75, 3.05) is 7.11 Å². The zero-order valence-corrected chi connectivity index (χ0v) is 16.1. The van der Waals surface area contributed by atoms with Gasteiger partial charge in [0.15, 0.2) is 0 Å². The molecule has 0 atom stereocenters. The van der Waals surface area contributed by atoms with E-state index in [0.29, 0.717) is 29.9 Å². The number of hydrogen-bond donors (Lipinski definition) is 1. The van der Waals surface area contributed by atoms with E-state index in [1.165, 1.54) is 0 Å². The van der Waals surface area contributed by atoms with Crippen LogP contribution < -0.4 is 15.7 Å². The van der Waals surface area contributed by atoms with Crippen LogP contribution in [0.3, 0.4) is 0 Å². The number of methoxy groups -OCH3 is 1. The molecule has 27 heavy (non-hydrogen) atoms. The van der Waals surface area contributed by atoms with Gasteiger partial charge in [0.2, 0.25) is 5.91 Å². The van der Waals surface area contributed by atoms with Crippen molar-refractivity contribution in [2.24, 2.45) is 7.05 Å². The van der Waals surface area contributed by atoms with Gasteiger partial charge in [-0.2, -0.15) is 0 Å². The summed E-state index contributed by atoms with van der Waals surface area (Å²) in [6.45, 7) is 4.36. The second-order valence-electron chi connectivity index (χ2n) is 6.66. The molecule has 0 fully saturated rings. The van der Waals surface area contributed by atoms with Crippen LogP contribution in [0, 0.1) is 13.8 Å². The summed E-state index contributed by atoms with van der Waals surface area (Å²) in [5.41, 5.74) is 3.65. The minimum Gasteiger partial charge on any atom is -0.497 e. The van der Waals surface area contributed by atoms with Crippen LogP contribution in [0.2, 0.25) is 0 Å². The van der Waals surface area contributed by atoms with Gasteiger partial charge in [-0.15, -0.1) is 0 Å². The first-order valence-corrected chi connectivity index (χ1v) is 8.89. The molecule has 1 amide bonds. The largest absolute Gasteiger partial charge is 0.497 e. The van der Waals surface area contributed by atoms with Gasteiger partial charge in [-0.1, -0.05) is 0 Å². The highest BCUT2D eigenvalue weighted by atomic mass is 16.5. The van der Waals surface area contributed by atoms with Gasteiger partial charge in [-0.25, -0.2) is 4.79 Å². The lowest BCUT2D eigenvalue weighted by Crippen LogP contribution is -2.25.